The number of thiazole rings is 1. The summed E-state index contributed by atoms with van der Waals surface area (Å²) in [6, 6.07) is 11.5. The van der Waals surface area contributed by atoms with Gasteiger partial charge in [-0.3, -0.25) is 9.69 Å². The van der Waals surface area contributed by atoms with Crippen LogP contribution in [-0.4, -0.2) is 37.3 Å². The van der Waals surface area contributed by atoms with Crippen LogP contribution in [0.1, 0.15) is 34.3 Å². The first-order chi connectivity index (χ1) is 13.5. The summed E-state index contributed by atoms with van der Waals surface area (Å²) in [6.07, 6.45) is 2.04. The molecule has 0 saturated carbocycles. The fourth-order valence-electron chi connectivity index (χ4n) is 3.63. The van der Waals surface area contributed by atoms with Gasteiger partial charge in [0.1, 0.15) is 5.75 Å². The first kappa shape index (κ1) is 18.9. The maximum atomic E-state index is 13.4. The van der Waals surface area contributed by atoms with E-state index in [0.29, 0.717) is 23.0 Å². The molecule has 1 saturated heterocycles. The average molecular weight is 397 g/mol. The third-order valence-electron chi connectivity index (χ3n) is 5.01. The van der Waals surface area contributed by atoms with Crippen LogP contribution >= 0.6 is 11.3 Å². The van der Waals surface area contributed by atoms with Crippen molar-refractivity contribution in [1.29, 1.82) is 0 Å². The van der Waals surface area contributed by atoms with Crippen LogP contribution < -0.4 is 9.64 Å². The number of nitrogens with zero attached hydrogens (tertiary/aromatic N) is 2. The first-order valence-corrected chi connectivity index (χ1v) is 10.3. The molecule has 1 unspecified atom stereocenters. The summed E-state index contributed by atoms with van der Waals surface area (Å²) in [4.78, 5) is 20.0. The molecule has 0 aliphatic carbocycles. The van der Waals surface area contributed by atoms with E-state index >= 15 is 0 Å². The number of fused-ring (bicyclic) bond motifs is 1. The Labute approximate surface area is 168 Å². The molecule has 2 aromatic carbocycles. The number of amides is 1. The Kier molecular flexibility index (Phi) is 5.33. The summed E-state index contributed by atoms with van der Waals surface area (Å²) in [6.45, 7) is 5.42. The van der Waals surface area contributed by atoms with Crippen LogP contribution in [0.15, 0.2) is 36.4 Å². The Morgan fingerprint density at radius 3 is 2.93 bits per heavy atom. The van der Waals surface area contributed by atoms with Crippen LogP contribution in [0.25, 0.3) is 10.2 Å². The molecular weight excluding hydrogens is 372 g/mol. The standard InChI is InChI=1S/C22H24N2O3S/c1-14-10-15(2)20-19(11-14)23-22(28-20)24(13-18-8-5-9-27-18)21(25)16-6-4-7-17(12-16)26-3/h4,6-7,10-12,18H,5,8-9,13H2,1-3H3. The summed E-state index contributed by atoms with van der Waals surface area (Å²) in [5, 5.41) is 0.715. The minimum absolute atomic E-state index is 0.0457. The molecule has 146 valence electrons. The topological polar surface area (TPSA) is 51.7 Å². The van der Waals surface area contributed by atoms with E-state index in [4.69, 9.17) is 14.5 Å². The predicted octanol–water partition coefficient (Wildman–Crippen LogP) is 4.75. The molecule has 28 heavy (non-hydrogen) atoms. The first-order valence-electron chi connectivity index (χ1n) is 9.50. The van der Waals surface area contributed by atoms with E-state index < -0.39 is 0 Å². The van der Waals surface area contributed by atoms with E-state index in [9.17, 15) is 4.79 Å². The number of methoxy groups -OCH3 is 1. The van der Waals surface area contributed by atoms with E-state index in [2.05, 4.69) is 26.0 Å². The molecule has 0 N–H and O–H groups in total. The number of ether oxygens (including phenoxy) is 2. The molecule has 1 atom stereocenters. The number of carbonyl (C=O) groups is 1. The number of benzene rings is 2. The number of hydrogen-bond acceptors (Lipinski definition) is 5. The quantitative estimate of drug-likeness (QED) is 0.625. The summed E-state index contributed by atoms with van der Waals surface area (Å²) >= 11 is 1.56. The van der Waals surface area contributed by atoms with E-state index in [-0.39, 0.29) is 12.0 Å². The molecule has 0 spiro atoms. The molecule has 2 heterocycles. The highest BCUT2D eigenvalue weighted by molar-refractivity contribution is 7.22. The Balaban J connectivity index is 1.74. The smallest absolute Gasteiger partial charge is 0.260 e. The number of hydrogen-bond donors (Lipinski definition) is 0. The number of rotatable bonds is 5. The molecule has 6 heteroatoms. The summed E-state index contributed by atoms with van der Waals surface area (Å²) < 4.78 is 12.2. The Morgan fingerprint density at radius 2 is 2.18 bits per heavy atom. The van der Waals surface area contributed by atoms with E-state index in [1.54, 1.807) is 29.4 Å². The van der Waals surface area contributed by atoms with Gasteiger partial charge in [-0.15, -0.1) is 0 Å². The summed E-state index contributed by atoms with van der Waals surface area (Å²) in [5.41, 5.74) is 3.88. The molecule has 1 fully saturated rings. The zero-order valence-corrected chi connectivity index (χ0v) is 17.2. The molecule has 5 nitrogen and oxygen atoms in total. The van der Waals surface area contributed by atoms with Crippen molar-refractivity contribution in [3.63, 3.8) is 0 Å². The Bertz CT molecular complexity index is 1010. The van der Waals surface area contributed by atoms with E-state index in [1.165, 1.54) is 11.1 Å². The maximum absolute atomic E-state index is 13.4. The van der Waals surface area contributed by atoms with Gasteiger partial charge < -0.3 is 9.47 Å². The lowest BCUT2D eigenvalue weighted by Crippen LogP contribution is -2.37. The second-order valence-corrected chi connectivity index (χ2v) is 8.19. The zero-order chi connectivity index (χ0) is 19.7. The highest BCUT2D eigenvalue weighted by Crippen LogP contribution is 2.33. The van der Waals surface area contributed by atoms with Crippen LogP contribution in [-0.2, 0) is 4.74 Å². The van der Waals surface area contributed by atoms with Crippen LogP contribution in [0.3, 0.4) is 0 Å². The Morgan fingerprint density at radius 1 is 1.32 bits per heavy atom. The van der Waals surface area contributed by atoms with E-state index in [0.717, 1.165) is 29.7 Å². The van der Waals surface area contributed by atoms with Crippen molar-refractivity contribution in [1.82, 2.24) is 4.98 Å². The van der Waals surface area contributed by atoms with Crippen LogP contribution in [0.2, 0.25) is 0 Å². The van der Waals surface area contributed by atoms with Crippen molar-refractivity contribution in [2.45, 2.75) is 32.8 Å². The van der Waals surface area contributed by atoms with Crippen LogP contribution in [0, 0.1) is 13.8 Å². The largest absolute Gasteiger partial charge is 0.497 e. The highest BCUT2D eigenvalue weighted by Gasteiger charge is 2.27. The fourth-order valence-corrected chi connectivity index (χ4v) is 4.66. The number of aromatic nitrogens is 1. The van der Waals surface area contributed by atoms with Gasteiger partial charge in [-0.25, -0.2) is 4.98 Å². The molecule has 1 amide bonds. The summed E-state index contributed by atoms with van der Waals surface area (Å²) in [7, 11) is 1.60. The fraction of sp³-hybridized carbons (Fsp3) is 0.364. The van der Waals surface area contributed by atoms with Crippen molar-refractivity contribution >= 4 is 32.6 Å². The molecule has 1 aromatic heterocycles. The van der Waals surface area contributed by atoms with Gasteiger partial charge in [0.05, 0.1) is 30.0 Å². The molecule has 1 aliphatic rings. The third kappa shape index (κ3) is 3.75. The monoisotopic (exact) mass is 396 g/mol. The minimum atomic E-state index is -0.0807. The van der Waals surface area contributed by atoms with Gasteiger partial charge in [0, 0.05) is 12.2 Å². The second-order valence-electron chi connectivity index (χ2n) is 7.21. The molecular formula is C22H24N2O3S. The predicted molar refractivity (Wildman–Crippen MR) is 113 cm³/mol. The van der Waals surface area contributed by atoms with Gasteiger partial charge in [-0.2, -0.15) is 0 Å². The van der Waals surface area contributed by atoms with Crippen molar-refractivity contribution in [2.24, 2.45) is 0 Å². The molecule has 0 radical (unpaired) electrons. The second kappa shape index (κ2) is 7.89. The van der Waals surface area contributed by atoms with Crippen molar-refractivity contribution in [3.05, 3.63) is 53.1 Å². The third-order valence-corrected chi connectivity index (χ3v) is 6.24. The Hall–Kier alpha value is -2.44. The lowest BCUT2D eigenvalue weighted by molar-refractivity contribution is 0.0917. The number of anilines is 1. The minimum Gasteiger partial charge on any atom is -0.497 e. The van der Waals surface area contributed by atoms with Crippen LogP contribution in [0.5, 0.6) is 5.75 Å². The highest BCUT2D eigenvalue weighted by atomic mass is 32.1. The van der Waals surface area contributed by atoms with Gasteiger partial charge >= 0.3 is 0 Å². The maximum Gasteiger partial charge on any atom is 0.260 e. The molecule has 0 bridgehead atoms. The molecule has 3 aromatic rings. The lowest BCUT2D eigenvalue weighted by atomic mass is 10.1. The number of carbonyl (C=O) groups excluding carboxylic acids is 1. The van der Waals surface area contributed by atoms with Crippen LogP contribution in [0.4, 0.5) is 5.13 Å². The van der Waals surface area contributed by atoms with Gasteiger partial charge in [-0.05, 0) is 62.1 Å². The van der Waals surface area contributed by atoms with Gasteiger partial charge in [-0.1, -0.05) is 23.5 Å². The van der Waals surface area contributed by atoms with Crippen molar-refractivity contribution < 1.29 is 14.3 Å². The van der Waals surface area contributed by atoms with Crippen molar-refractivity contribution in [3.8, 4) is 5.75 Å². The van der Waals surface area contributed by atoms with Gasteiger partial charge in [0.2, 0.25) is 0 Å². The van der Waals surface area contributed by atoms with Gasteiger partial charge in [0.15, 0.2) is 5.13 Å². The van der Waals surface area contributed by atoms with E-state index in [1.807, 2.05) is 18.2 Å². The molecule has 4 rings (SSSR count). The SMILES string of the molecule is COc1cccc(C(=O)N(CC2CCCO2)c2nc3cc(C)cc(C)c3s2)c1. The van der Waals surface area contributed by atoms with Gasteiger partial charge in [0.25, 0.3) is 5.91 Å². The average Bonchev–Trinajstić information content (AvgIpc) is 3.35. The summed E-state index contributed by atoms with van der Waals surface area (Å²) in [5.74, 6) is 0.585. The van der Waals surface area contributed by atoms with Crippen molar-refractivity contribution in [2.75, 3.05) is 25.2 Å². The molecule has 1 aliphatic heterocycles. The lowest BCUT2D eigenvalue weighted by Gasteiger charge is -2.23. The normalized spacial score (nSPS) is 16.5. The number of aryl methyl sites for hydroxylation is 2. The zero-order valence-electron chi connectivity index (χ0n) is 16.4.